The first-order valence-corrected chi connectivity index (χ1v) is 5.98. The SMILES string of the molecule is CC(C)Oc1ccc(C(CN)NCCO)cc1. The fraction of sp³-hybridized carbons (Fsp3) is 0.538. The molecular formula is C13H22N2O2. The Bertz CT molecular complexity index is 312. The van der Waals surface area contributed by atoms with Gasteiger partial charge in [-0.25, -0.2) is 0 Å². The summed E-state index contributed by atoms with van der Waals surface area (Å²) in [6.07, 6.45) is 0.179. The minimum atomic E-state index is 0.0789. The molecule has 96 valence electrons. The van der Waals surface area contributed by atoms with Gasteiger partial charge in [0.2, 0.25) is 0 Å². The Balaban J connectivity index is 2.64. The van der Waals surface area contributed by atoms with Gasteiger partial charge in [0.25, 0.3) is 0 Å². The number of aliphatic hydroxyl groups excluding tert-OH is 1. The standard InChI is InChI=1S/C13H22N2O2/c1-10(2)17-12-5-3-11(4-6-12)13(9-14)15-7-8-16/h3-6,10,13,15-16H,7-9,14H2,1-2H3. The van der Waals surface area contributed by atoms with Gasteiger partial charge in [0.05, 0.1) is 12.7 Å². The number of hydrogen-bond donors (Lipinski definition) is 3. The predicted octanol–water partition coefficient (Wildman–Crippen LogP) is 1.06. The third-order valence-electron chi connectivity index (χ3n) is 2.39. The van der Waals surface area contributed by atoms with Gasteiger partial charge in [-0.1, -0.05) is 12.1 Å². The van der Waals surface area contributed by atoms with Gasteiger partial charge in [-0.3, -0.25) is 0 Å². The van der Waals surface area contributed by atoms with E-state index in [-0.39, 0.29) is 18.8 Å². The summed E-state index contributed by atoms with van der Waals surface area (Å²) in [7, 11) is 0. The van der Waals surface area contributed by atoms with Gasteiger partial charge in [0.15, 0.2) is 0 Å². The molecule has 4 heteroatoms. The molecule has 1 aromatic carbocycles. The Labute approximate surface area is 103 Å². The maximum absolute atomic E-state index is 8.78. The minimum Gasteiger partial charge on any atom is -0.491 e. The van der Waals surface area contributed by atoms with Gasteiger partial charge in [-0.2, -0.15) is 0 Å². The molecule has 1 atom stereocenters. The quantitative estimate of drug-likeness (QED) is 0.664. The molecule has 0 saturated heterocycles. The molecular weight excluding hydrogens is 216 g/mol. The van der Waals surface area contributed by atoms with Gasteiger partial charge in [0.1, 0.15) is 5.75 Å². The molecule has 0 aliphatic rings. The Morgan fingerprint density at radius 1 is 1.29 bits per heavy atom. The number of benzene rings is 1. The molecule has 0 bridgehead atoms. The van der Waals surface area contributed by atoms with Gasteiger partial charge >= 0.3 is 0 Å². The van der Waals surface area contributed by atoms with Crippen molar-refractivity contribution in [3.63, 3.8) is 0 Å². The van der Waals surface area contributed by atoms with Crippen molar-refractivity contribution in [2.75, 3.05) is 19.7 Å². The second-order valence-corrected chi connectivity index (χ2v) is 4.20. The molecule has 0 fully saturated rings. The van der Waals surface area contributed by atoms with Crippen LogP contribution in [0.4, 0.5) is 0 Å². The lowest BCUT2D eigenvalue weighted by Crippen LogP contribution is -2.30. The monoisotopic (exact) mass is 238 g/mol. The van der Waals surface area contributed by atoms with Crippen molar-refractivity contribution in [3.8, 4) is 5.75 Å². The van der Waals surface area contributed by atoms with E-state index in [0.717, 1.165) is 11.3 Å². The van der Waals surface area contributed by atoms with Crippen LogP contribution in [-0.4, -0.2) is 30.9 Å². The van der Waals surface area contributed by atoms with Crippen molar-refractivity contribution in [1.29, 1.82) is 0 Å². The molecule has 0 spiro atoms. The summed E-state index contributed by atoms with van der Waals surface area (Å²) in [4.78, 5) is 0. The summed E-state index contributed by atoms with van der Waals surface area (Å²) in [5, 5.41) is 12.0. The molecule has 0 heterocycles. The number of aliphatic hydroxyl groups is 1. The molecule has 17 heavy (non-hydrogen) atoms. The van der Waals surface area contributed by atoms with Crippen molar-refractivity contribution in [2.24, 2.45) is 5.73 Å². The Hall–Kier alpha value is -1.10. The summed E-state index contributed by atoms with van der Waals surface area (Å²) in [6, 6.07) is 7.96. The van der Waals surface area contributed by atoms with Gasteiger partial charge in [-0.05, 0) is 31.5 Å². The van der Waals surface area contributed by atoms with Crippen LogP contribution in [0.1, 0.15) is 25.5 Å². The van der Waals surface area contributed by atoms with E-state index in [0.29, 0.717) is 13.1 Å². The normalized spacial score (nSPS) is 12.8. The average molecular weight is 238 g/mol. The highest BCUT2D eigenvalue weighted by atomic mass is 16.5. The highest BCUT2D eigenvalue weighted by molar-refractivity contribution is 5.29. The molecule has 0 amide bonds. The summed E-state index contributed by atoms with van der Waals surface area (Å²) in [6.45, 7) is 5.17. The van der Waals surface area contributed by atoms with Gasteiger partial charge in [-0.15, -0.1) is 0 Å². The first-order valence-electron chi connectivity index (χ1n) is 5.98. The molecule has 4 N–H and O–H groups in total. The maximum Gasteiger partial charge on any atom is 0.119 e. The zero-order valence-corrected chi connectivity index (χ0v) is 10.5. The third-order valence-corrected chi connectivity index (χ3v) is 2.39. The third kappa shape index (κ3) is 4.73. The van der Waals surface area contributed by atoms with Crippen LogP contribution < -0.4 is 15.8 Å². The lowest BCUT2D eigenvalue weighted by atomic mass is 10.1. The molecule has 1 unspecified atom stereocenters. The Morgan fingerprint density at radius 3 is 2.41 bits per heavy atom. The van der Waals surface area contributed by atoms with E-state index >= 15 is 0 Å². The predicted molar refractivity (Wildman–Crippen MR) is 69.1 cm³/mol. The molecule has 0 saturated carbocycles. The fourth-order valence-electron chi connectivity index (χ4n) is 1.63. The highest BCUT2D eigenvalue weighted by Crippen LogP contribution is 2.18. The van der Waals surface area contributed by atoms with Gasteiger partial charge < -0.3 is 20.9 Å². The lowest BCUT2D eigenvalue weighted by molar-refractivity contribution is 0.242. The molecule has 1 rings (SSSR count). The molecule has 0 aromatic heterocycles. The van der Waals surface area contributed by atoms with E-state index in [9.17, 15) is 0 Å². The van der Waals surface area contributed by atoms with Crippen LogP contribution in [0.5, 0.6) is 5.75 Å². The van der Waals surface area contributed by atoms with Crippen LogP contribution in [0.3, 0.4) is 0 Å². The number of nitrogens with two attached hydrogens (primary N) is 1. The molecule has 4 nitrogen and oxygen atoms in total. The largest absolute Gasteiger partial charge is 0.491 e. The van der Waals surface area contributed by atoms with E-state index in [1.54, 1.807) is 0 Å². The van der Waals surface area contributed by atoms with E-state index in [1.807, 2.05) is 38.1 Å². The van der Waals surface area contributed by atoms with Crippen LogP contribution in [0.2, 0.25) is 0 Å². The van der Waals surface area contributed by atoms with E-state index < -0.39 is 0 Å². The van der Waals surface area contributed by atoms with E-state index in [2.05, 4.69) is 5.32 Å². The zero-order valence-electron chi connectivity index (χ0n) is 10.5. The lowest BCUT2D eigenvalue weighted by Gasteiger charge is -2.17. The van der Waals surface area contributed by atoms with Gasteiger partial charge in [0, 0.05) is 19.1 Å². The second-order valence-electron chi connectivity index (χ2n) is 4.20. The first-order chi connectivity index (χ1) is 8.17. The summed E-state index contributed by atoms with van der Waals surface area (Å²) < 4.78 is 5.57. The zero-order chi connectivity index (χ0) is 12.7. The number of nitrogens with one attached hydrogen (secondary N) is 1. The molecule has 0 radical (unpaired) electrons. The van der Waals surface area contributed by atoms with Crippen LogP contribution >= 0.6 is 0 Å². The summed E-state index contributed by atoms with van der Waals surface area (Å²) in [5.74, 6) is 0.863. The van der Waals surface area contributed by atoms with E-state index in [1.165, 1.54) is 0 Å². The molecule has 1 aromatic rings. The number of rotatable bonds is 7. The highest BCUT2D eigenvalue weighted by Gasteiger charge is 2.08. The van der Waals surface area contributed by atoms with Crippen LogP contribution in [0.25, 0.3) is 0 Å². The van der Waals surface area contributed by atoms with Crippen LogP contribution in [0.15, 0.2) is 24.3 Å². The van der Waals surface area contributed by atoms with Crippen molar-refractivity contribution in [2.45, 2.75) is 26.0 Å². The van der Waals surface area contributed by atoms with E-state index in [4.69, 9.17) is 15.6 Å². The minimum absolute atomic E-state index is 0.0789. The molecule has 0 aliphatic heterocycles. The maximum atomic E-state index is 8.78. The topological polar surface area (TPSA) is 67.5 Å². The van der Waals surface area contributed by atoms with Crippen molar-refractivity contribution >= 4 is 0 Å². The Morgan fingerprint density at radius 2 is 1.94 bits per heavy atom. The molecule has 0 aliphatic carbocycles. The van der Waals surface area contributed by atoms with Crippen LogP contribution in [-0.2, 0) is 0 Å². The Kier molecular flexibility index (Phi) is 5.97. The smallest absolute Gasteiger partial charge is 0.119 e. The fourth-order valence-corrected chi connectivity index (χ4v) is 1.63. The first kappa shape index (κ1) is 14.0. The number of hydrogen-bond acceptors (Lipinski definition) is 4. The number of ether oxygens (including phenoxy) is 1. The second kappa shape index (κ2) is 7.27. The summed E-state index contributed by atoms with van der Waals surface area (Å²) >= 11 is 0. The average Bonchev–Trinajstić information content (AvgIpc) is 2.31. The van der Waals surface area contributed by atoms with Crippen LogP contribution in [0, 0.1) is 0 Å². The van der Waals surface area contributed by atoms with Crippen molar-refractivity contribution in [1.82, 2.24) is 5.32 Å². The van der Waals surface area contributed by atoms with Crippen molar-refractivity contribution in [3.05, 3.63) is 29.8 Å². The summed E-state index contributed by atoms with van der Waals surface area (Å²) in [5.41, 5.74) is 6.80. The van der Waals surface area contributed by atoms with Crippen molar-refractivity contribution < 1.29 is 9.84 Å².